The zero-order chi connectivity index (χ0) is 31.7. The number of aliphatic hydroxyl groups is 1. The molecular formula is C33H44BrN5O5. The largest absolute Gasteiger partial charge is 0.359 e. The van der Waals surface area contributed by atoms with Crippen LogP contribution in [0.15, 0.2) is 28.9 Å². The number of piperazine rings is 1. The maximum Gasteiger partial charge on any atom is 0.274 e. The fourth-order valence-corrected chi connectivity index (χ4v) is 8.42. The Hall–Kier alpha value is -2.73. The molecule has 1 aromatic heterocycles. The van der Waals surface area contributed by atoms with Crippen LogP contribution in [-0.2, 0) is 25.5 Å². The molecule has 0 radical (unpaired) electrons. The number of halogens is 1. The summed E-state index contributed by atoms with van der Waals surface area (Å²) in [4.78, 5) is 46.5. The van der Waals surface area contributed by atoms with Gasteiger partial charge in [0.1, 0.15) is 18.2 Å². The van der Waals surface area contributed by atoms with Crippen molar-refractivity contribution in [2.75, 3.05) is 27.2 Å². The lowest BCUT2D eigenvalue weighted by atomic mass is 9.80. The van der Waals surface area contributed by atoms with E-state index in [2.05, 4.69) is 62.5 Å². The number of carbonyl (C=O) groups is 3. The predicted molar refractivity (Wildman–Crippen MR) is 171 cm³/mol. The van der Waals surface area contributed by atoms with Gasteiger partial charge in [-0.2, -0.15) is 0 Å². The molecule has 10 nitrogen and oxygen atoms in total. The van der Waals surface area contributed by atoms with E-state index in [0.717, 1.165) is 29.5 Å². The first-order valence-corrected chi connectivity index (χ1v) is 16.6. The van der Waals surface area contributed by atoms with Crippen molar-refractivity contribution in [1.82, 2.24) is 25.0 Å². The van der Waals surface area contributed by atoms with Crippen molar-refractivity contribution in [1.29, 1.82) is 0 Å². The van der Waals surface area contributed by atoms with Gasteiger partial charge in [0.25, 0.3) is 11.8 Å². The summed E-state index contributed by atoms with van der Waals surface area (Å²) in [5.41, 5.74) is 5.04. The zero-order valence-corrected chi connectivity index (χ0v) is 28.0. The molecule has 3 amide bonds. The Labute approximate surface area is 267 Å². The smallest absolute Gasteiger partial charge is 0.274 e. The van der Waals surface area contributed by atoms with Crippen LogP contribution in [0.5, 0.6) is 0 Å². The third-order valence-electron chi connectivity index (χ3n) is 9.92. The van der Waals surface area contributed by atoms with Crippen LogP contribution >= 0.6 is 15.9 Å². The Morgan fingerprint density at radius 3 is 2.66 bits per heavy atom. The second-order valence-corrected chi connectivity index (χ2v) is 14.4. The summed E-state index contributed by atoms with van der Waals surface area (Å²) < 4.78 is 6.92. The van der Waals surface area contributed by atoms with E-state index in [-0.39, 0.29) is 35.5 Å². The van der Waals surface area contributed by atoms with Gasteiger partial charge >= 0.3 is 0 Å². The molecule has 2 aromatic rings. The van der Waals surface area contributed by atoms with E-state index in [4.69, 9.17) is 4.74 Å². The van der Waals surface area contributed by atoms with Crippen molar-refractivity contribution in [2.45, 2.75) is 83.5 Å². The molecule has 3 saturated heterocycles. The molecule has 3 fully saturated rings. The zero-order valence-electron chi connectivity index (χ0n) is 26.4. The minimum atomic E-state index is -1.66. The number of ether oxygens (including phenoxy) is 1. The third kappa shape index (κ3) is 4.91. The quantitative estimate of drug-likeness (QED) is 0.459. The number of hydrogen-bond donors (Lipinski definition) is 3. The van der Waals surface area contributed by atoms with Gasteiger partial charge in [-0.3, -0.25) is 24.2 Å². The number of rotatable bonds is 4. The normalized spacial score (nSPS) is 31.1. The number of H-pyrrole nitrogens is 1. The van der Waals surface area contributed by atoms with E-state index < -0.39 is 24.1 Å². The number of likely N-dealkylation sites (N-methyl/N-ethyl adjacent to an activating group) is 1. The van der Waals surface area contributed by atoms with Crippen LogP contribution in [0.2, 0.25) is 0 Å². The van der Waals surface area contributed by atoms with Crippen LogP contribution in [0.4, 0.5) is 0 Å². The second kappa shape index (κ2) is 11.6. The van der Waals surface area contributed by atoms with Gasteiger partial charge in [-0.1, -0.05) is 45.9 Å². The Kier molecular flexibility index (Phi) is 8.22. The van der Waals surface area contributed by atoms with Gasteiger partial charge in [0.05, 0.1) is 10.5 Å². The molecule has 44 heavy (non-hydrogen) atoms. The SMILES string of the molecule is CC(C)C[C@H]1C(=O)N2CCC[C@H]2[C@]2(O)O[C@H](C(C)C)C(=O)N12.CNC(=O)[C@@H]1C=C2c3cccc4[nH]c(Br)c(c34)C[C@H]2N(C)C1. The molecule has 1 aromatic carbocycles. The summed E-state index contributed by atoms with van der Waals surface area (Å²) in [6.07, 6.45) is 4.52. The molecule has 238 valence electrons. The number of aromatic amines is 1. The Bertz CT molecular complexity index is 1520. The van der Waals surface area contributed by atoms with Crippen LogP contribution in [0.1, 0.15) is 58.1 Å². The number of benzene rings is 1. The Balaban J connectivity index is 0.000000156. The molecule has 0 bridgehead atoms. The van der Waals surface area contributed by atoms with Crippen molar-refractivity contribution < 1.29 is 24.2 Å². The van der Waals surface area contributed by atoms with Crippen molar-refractivity contribution >= 4 is 50.1 Å². The summed E-state index contributed by atoms with van der Waals surface area (Å²) in [6, 6.07) is 5.65. The summed E-state index contributed by atoms with van der Waals surface area (Å²) in [6.45, 7) is 9.24. The minimum absolute atomic E-state index is 0.0354. The van der Waals surface area contributed by atoms with E-state index in [1.165, 1.54) is 27.0 Å². The molecule has 1 aliphatic carbocycles. The lowest BCUT2D eigenvalue weighted by Gasteiger charge is -2.49. The second-order valence-electron chi connectivity index (χ2n) is 13.6. The number of amides is 3. The van der Waals surface area contributed by atoms with E-state index in [9.17, 15) is 19.5 Å². The molecule has 6 atom stereocenters. The summed E-state index contributed by atoms with van der Waals surface area (Å²) in [7, 11) is 3.81. The van der Waals surface area contributed by atoms with Crippen LogP contribution in [-0.4, -0.2) is 99.8 Å². The van der Waals surface area contributed by atoms with E-state index in [0.29, 0.717) is 25.4 Å². The van der Waals surface area contributed by atoms with Gasteiger partial charge in [0.15, 0.2) is 0 Å². The molecule has 0 spiro atoms. The Morgan fingerprint density at radius 2 is 1.98 bits per heavy atom. The van der Waals surface area contributed by atoms with Crippen molar-refractivity contribution in [3.05, 3.63) is 40.0 Å². The van der Waals surface area contributed by atoms with Gasteiger partial charge in [0.2, 0.25) is 11.8 Å². The molecule has 3 N–H and O–H groups in total. The van der Waals surface area contributed by atoms with Crippen LogP contribution in [0, 0.1) is 17.8 Å². The number of fused-ring (bicyclic) bond motifs is 5. The highest BCUT2D eigenvalue weighted by Crippen LogP contribution is 2.45. The first kappa shape index (κ1) is 31.3. The molecule has 7 rings (SSSR count). The van der Waals surface area contributed by atoms with E-state index >= 15 is 0 Å². The highest BCUT2D eigenvalue weighted by atomic mass is 79.9. The number of hydrogen-bond acceptors (Lipinski definition) is 6. The summed E-state index contributed by atoms with van der Waals surface area (Å²) in [5, 5.41) is 15.2. The standard InChI is InChI=1S/C17H18BrN3O.C16H26N2O4/c1-19-17(22)9-6-11-10-4-3-5-13-15(10)12(16(18)20-13)7-14(11)21(2)8-9;1-9(2)8-11-14(19)17-7-5-6-12(17)16(21)18(11)15(20)13(22-16)10(3)4/h3-6,9,14,20H,7-8H2,1-2H3,(H,19,22);9-13,21H,5-8H2,1-4H3/t9-,14-;11-,12-,13+,16-/m10/s1. The predicted octanol–water partition coefficient (Wildman–Crippen LogP) is 3.48. The minimum Gasteiger partial charge on any atom is -0.359 e. The average molecular weight is 671 g/mol. The van der Waals surface area contributed by atoms with E-state index in [1.807, 2.05) is 27.7 Å². The fourth-order valence-electron chi connectivity index (χ4n) is 7.85. The topological polar surface area (TPSA) is 118 Å². The van der Waals surface area contributed by atoms with Gasteiger partial charge in [-0.15, -0.1) is 0 Å². The molecule has 0 unspecified atom stereocenters. The third-order valence-corrected chi connectivity index (χ3v) is 10.6. The molecule has 11 heteroatoms. The van der Waals surface area contributed by atoms with E-state index in [1.54, 1.807) is 11.9 Å². The van der Waals surface area contributed by atoms with Crippen molar-refractivity contribution in [2.24, 2.45) is 17.8 Å². The highest BCUT2D eigenvalue weighted by Gasteiger charge is 2.66. The van der Waals surface area contributed by atoms with Crippen LogP contribution in [0.25, 0.3) is 16.5 Å². The fraction of sp³-hybridized carbons (Fsp3) is 0.606. The monoisotopic (exact) mass is 669 g/mol. The summed E-state index contributed by atoms with van der Waals surface area (Å²) >= 11 is 3.66. The van der Waals surface area contributed by atoms with Crippen molar-refractivity contribution in [3.8, 4) is 0 Å². The first-order chi connectivity index (χ1) is 20.9. The lowest BCUT2D eigenvalue weighted by molar-refractivity contribution is -0.304. The highest BCUT2D eigenvalue weighted by molar-refractivity contribution is 9.10. The first-order valence-electron chi connectivity index (χ1n) is 15.8. The molecule has 0 saturated carbocycles. The molecule has 5 aliphatic rings. The number of aromatic nitrogens is 1. The van der Waals surface area contributed by atoms with Crippen molar-refractivity contribution in [3.63, 3.8) is 0 Å². The maximum absolute atomic E-state index is 12.8. The van der Waals surface area contributed by atoms with Gasteiger partial charge in [0, 0.05) is 37.1 Å². The van der Waals surface area contributed by atoms with Crippen LogP contribution in [0.3, 0.4) is 0 Å². The lowest BCUT2D eigenvalue weighted by Crippen LogP contribution is -2.71. The molecule has 5 heterocycles. The number of carbonyl (C=O) groups excluding carboxylic acids is 3. The van der Waals surface area contributed by atoms with Gasteiger partial charge in [-0.25, -0.2) is 0 Å². The number of nitrogens with zero attached hydrogens (tertiary/aromatic N) is 3. The van der Waals surface area contributed by atoms with Crippen LogP contribution < -0.4 is 5.32 Å². The molecule has 4 aliphatic heterocycles. The number of nitrogens with one attached hydrogen (secondary N) is 2. The van der Waals surface area contributed by atoms with Gasteiger partial charge < -0.3 is 25.0 Å². The molecular weight excluding hydrogens is 626 g/mol. The maximum atomic E-state index is 12.8. The van der Waals surface area contributed by atoms with Gasteiger partial charge in [-0.05, 0) is 83.3 Å². The summed E-state index contributed by atoms with van der Waals surface area (Å²) in [5.74, 6) is -1.72. The average Bonchev–Trinajstić information content (AvgIpc) is 3.67. The Morgan fingerprint density at radius 1 is 1.23 bits per heavy atom.